The zero-order chi connectivity index (χ0) is 25.0. The lowest BCUT2D eigenvalue weighted by atomic mass is 9.98. The van der Waals surface area contributed by atoms with E-state index >= 15 is 0 Å². The molecule has 1 fully saturated rings. The SMILES string of the molecule is C=CCO[C@H]1O[C@H](COCc2ccccc2)[C@@H](OCc2ccccc2)[C@H](OCc2ccccc2)[C@@H]1O. The minimum absolute atomic E-state index is 0.236. The molecule has 0 amide bonds. The molecule has 1 N–H and O–H groups in total. The summed E-state index contributed by atoms with van der Waals surface area (Å²) in [6, 6.07) is 29.7. The first-order valence-corrected chi connectivity index (χ1v) is 12.2. The quantitative estimate of drug-likeness (QED) is 0.352. The van der Waals surface area contributed by atoms with Crippen LogP contribution in [0.4, 0.5) is 0 Å². The summed E-state index contributed by atoms with van der Waals surface area (Å²) in [4.78, 5) is 0. The summed E-state index contributed by atoms with van der Waals surface area (Å²) in [6.45, 7) is 5.29. The Hall–Kier alpha value is -2.84. The van der Waals surface area contributed by atoms with Crippen molar-refractivity contribution in [1.29, 1.82) is 0 Å². The van der Waals surface area contributed by atoms with E-state index < -0.39 is 30.7 Å². The Morgan fingerprint density at radius 1 is 0.694 bits per heavy atom. The van der Waals surface area contributed by atoms with Gasteiger partial charge in [-0.15, -0.1) is 6.58 Å². The molecule has 1 aliphatic heterocycles. The van der Waals surface area contributed by atoms with Gasteiger partial charge in [0, 0.05) is 0 Å². The number of aliphatic hydroxyl groups excluding tert-OH is 1. The molecule has 0 aliphatic carbocycles. The van der Waals surface area contributed by atoms with Gasteiger partial charge < -0.3 is 28.8 Å². The molecular formula is C30H34O6. The topological polar surface area (TPSA) is 66.4 Å². The van der Waals surface area contributed by atoms with Gasteiger partial charge in [0.2, 0.25) is 0 Å². The number of benzene rings is 3. The smallest absolute Gasteiger partial charge is 0.187 e. The van der Waals surface area contributed by atoms with Crippen LogP contribution in [0.15, 0.2) is 104 Å². The first kappa shape index (κ1) is 26.2. The van der Waals surface area contributed by atoms with Gasteiger partial charge in [0.1, 0.15) is 24.4 Å². The van der Waals surface area contributed by atoms with E-state index in [1.165, 1.54) is 0 Å². The molecule has 0 radical (unpaired) electrons. The summed E-state index contributed by atoms with van der Waals surface area (Å²) in [5, 5.41) is 11.2. The van der Waals surface area contributed by atoms with E-state index in [1.807, 2.05) is 91.0 Å². The van der Waals surface area contributed by atoms with E-state index in [1.54, 1.807) is 6.08 Å². The van der Waals surface area contributed by atoms with E-state index in [2.05, 4.69) is 6.58 Å². The van der Waals surface area contributed by atoms with Gasteiger partial charge >= 0.3 is 0 Å². The number of aliphatic hydroxyl groups is 1. The van der Waals surface area contributed by atoms with Gasteiger partial charge in [-0.2, -0.15) is 0 Å². The summed E-state index contributed by atoms with van der Waals surface area (Å²) < 4.78 is 30.6. The lowest BCUT2D eigenvalue weighted by molar-refractivity contribution is -0.316. The normalized spacial score (nSPS) is 23.9. The second-order valence-corrected chi connectivity index (χ2v) is 8.68. The van der Waals surface area contributed by atoms with Gasteiger partial charge in [-0.05, 0) is 16.7 Å². The Labute approximate surface area is 213 Å². The molecule has 36 heavy (non-hydrogen) atoms. The molecule has 5 atom stereocenters. The van der Waals surface area contributed by atoms with Crippen molar-refractivity contribution >= 4 is 0 Å². The van der Waals surface area contributed by atoms with Crippen molar-refractivity contribution in [3.05, 3.63) is 120 Å². The zero-order valence-corrected chi connectivity index (χ0v) is 20.4. The zero-order valence-electron chi connectivity index (χ0n) is 20.4. The largest absolute Gasteiger partial charge is 0.385 e. The predicted molar refractivity (Wildman–Crippen MR) is 137 cm³/mol. The Morgan fingerprint density at radius 2 is 1.19 bits per heavy atom. The average Bonchev–Trinajstić information content (AvgIpc) is 2.93. The Morgan fingerprint density at radius 3 is 1.72 bits per heavy atom. The molecule has 1 heterocycles. The summed E-state index contributed by atoms with van der Waals surface area (Å²) in [6.07, 6.45) is -2.12. The molecule has 0 bridgehead atoms. The molecule has 6 heteroatoms. The van der Waals surface area contributed by atoms with E-state index in [-0.39, 0.29) is 13.2 Å². The molecule has 1 aliphatic rings. The number of hydrogen-bond acceptors (Lipinski definition) is 6. The maximum Gasteiger partial charge on any atom is 0.187 e. The minimum atomic E-state index is -1.06. The van der Waals surface area contributed by atoms with Gasteiger partial charge in [0.25, 0.3) is 0 Å². The highest BCUT2D eigenvalue weighted by Crippen LogP contribution is 2.29. The van der Waals surface area contributed by atoms with Gasteiger partial charge in [0.15, 0.2) is 6.29 Å². The lowest BCUT2D eigenvalue weighted by Crippen LogP contribution is -2.61. The maximum atomic E-state index is 11.2. The lowest BCUT2D eigenvalue weighted by Gasteiger charge is -2.44. The van der Waals surface area contributed by atoms with E-state index in [4.69, 9.17) is 23.7 Å². The fourth-order valence-electron chi connectivity index (χ4n) is 4.12. The van der Waals surface area contributed by atoms with Gasteiger partial charge in [-0.3, -0.25) is 0 Å². The number of rotatable bonds is 13. The highest BCUT2D eigenvalue weighted by atomic mass is 16.7. The van der Waals surface area contributed by atoms with E-state index in [0.29, 0.717) is 19.8 Å². The van der Waals surface area contributed by atoms with Crippen LogP contribution in [0.3, 0.4) is 0 Å². The van der Waals surface area contributed by atoms with Crippen LogP contribution in [0.25, 0.3) is 0 Å². The third kappa shape index (κ3) is 7.58. The van der Waals surface area contributed by atoms with Crippen LogP contribution in [0.5, 0.6) is 0 Å². The van der Waals surface area contributed by atoms with Crippen molar-refractivity contribution in [2.75, 3.05) is 13.2 Å². The maximum absolute atomic E-state index is 11.2. The van der Waals surface area contributed by atoms with Crippen LogP contribution in [0, 0.1) is 0 Å². The van der Waals surface area contributed by atoms with Crippen LogP contribution >= 0.6 is 0 Å². The molecule has 4 rings (SSSR count). The molecule has 6 nitrogen and oxygen atoms in total. The summed E-state index contributed by atoms with van der Waals surface area (Å²) >= 11 is 0. The predicted octanol–water partition coefficient (Wildman–Crippen LogP) is 4.66. The second-order valence-electron chi connectivity index (χ2n) is 8.68. The molecule has 3 aromatic rings. The van der Waals surface area contributed by atoms with Crippen molar-refractivity contribution < 1.29 is 28.8 Å². The molecule has 190 valence electrons. The van der Waals surface area contributed by atoms with E-state index in [0.717, 1.165) is 16.7 Å². The van der Waals surface area contributed by atoms with Gasteiger partial charge in [-0.1, -0.05) is 97.1 Å². The third-order valence-corrected chi connectivity index (χ3v) is 5.96. The Kier molecular flexibility index (Phi) is 10.2. The molecule has 1 saturated heterocycles. The standard InChI is InChI=1S/C30H34O6/c1-2-18-33-30-27(31)29(35-21-25-16-10-5-11-17-25)28(34-20-24-14-8-4-9-15-24)26(36-30)22-32-19-23-12-6-3-7-13-23/h2-17,26-31H,1,18-22H2/t26-,27+,28-,29-,30+/m1/s1. The second kappa shape index (κ2) is 14.0. The van der Waals surface area contributed by atoms with E-state index in [9.17, 15) is 5.11 Å². The van der Waals surface area contributed by atoms with Crippen LogP contribution in [-0.2, 0) is 43.5 Å². The first-order valence-electron chi connectivity index (χ1n) is 12.2. The molecule has 0 unspecified atom stereocenters. The molecule has 0 saturated carbocycles. The fourth-order valence-corrected chi connectivity index (χ4v) is 4.12. The van der Waals surface area contributed by atoms with Crippen LogP contribution in [0.2, 0.25) is 0 Å². The van der Waals surface area contributed by atoms with Crippen molar-refractivity contribution in [2.24, 2.45) is 0 Å². The molecule has 0 aromatic heterocycles. The summed E-state index contributed by atoms with van der Waals surface area (Å²) in [5.74, 6) is 0. The summed E-state index contributed by atoms with van der Waals surface area (Å²) in [7, 11) is 0. The highest BCUT2D eigenvalue weighted by molar-refractivity contribution is 5.15. The fraction of sp³-hybridized carbons (Fsp3) is 0.333. The summed E-state index contributed by atoms with van der Waals surface area (Å²) in [5.41, 5.74) is 3.08. The average molecular weight is 491 g/mol. The first-order chi connectivity index (χ1) is 17.7. The third-order valence-electron chi connectivity index (χ3n) is 5.96. The minimum Gasteiger partial charge on any atom is -0.385 e. The Balaban J connectivity index is 1.51. The molecule has 3 aromatic carbocycles. The monoisotopic (exact) mass is 490 g/mol. The van der Waals surface area contributed by atoms with Crippen molar-refractivity contribution in [3.8, 4) is 0 Å². The van der Waals surface area contributed by atoms with Crippen LogP contribution in [-0.4, -0.2) is 49.0 Å². The van der Waals surface area contributed by atoms with Crippen molar-refractivity contribution in [2.45, 2.75) is 50.5 Å². The number of ether oxygens (including phenoxy) is 5. The Bertz CT molecular complexity index is 1010. The molecular weight excluding hydrogens is 456 g/mol. The van der Waals surface area contributed by atoms with Crippen molar-refractivity contribution in [3.63, 3.8) is 0 Å². The highest BCUT2D eigenvalue weighted by Gasteiger charge is 2.47. The van der Waals surface area contributed by atoms with Gasteiger partial charge in [-0.25, -0.2) is 0 Å². The molecule has 0 spiro atoms. The van der Waals surface area contributed by atoms with Crippen LogP contribution in [0.1, 0.15) is 16.7 Å². The van der Waals surface area contributed by atoms with Crippen molar-refractivity contribution in [1.82, 2.24) is 0 Å². The number of hydrogen-bond donors (Lipinski definition) is 1. The van der Waals surface area contributed by atoms with Gasteiger partial charge in [0.05, 0.1) is 33.0 Å². The van der Waals surface area contributed by atoms with Crippen LogP contribution < -0.4 is 0 Å².